The monoisotopic (exact) mass is 478 g/mol. The van der Waals surface area contributed by atoms with E-state index in [2.05, 4.69) is 5.32 Å². The second-order valence-electron chi connectivity index (χ2n) is 9.01. The molecule has 1 saturated heterocycles. The minimum Gasteiger partial charge on any atom is -0.490 e. The molecule has 0 aliphatic carbocycles. The number of piperidine rings is 1. The first-order valence-corrected chi connectivity index (χ1v) is 13.4. The maximum atomic E-state index is 13.2. The summed E-state index contributed by atoms with van der Waals surface area (Å²) < 4.78 is 34.2. The molecular weight excluding hydrogens is 448 g/mol. The molecule has 4 N–H and O–H groups in total. The zero-order valence-electron chi connectivity index (χ0n) is 19.3. The minimum atomic E-state index is -3.49. The molecule has 8 heteroatoms. The SMILES string of the molecule is CCS(=O)(=O)N1c2ccc(OC3CCNCC3)cc2CC1c1ccc2ccc(C(=N)N)cc2c1. The molecule has 1 atom stereocenters. The molecule has 0 saturated carbocycles. The summed E-state index contributed by atoms with van der Waals surface area (Å²) in [7, 11) is -3.49. The number of ether oxygens (including phenoxy) is 1. The van der Waals surface area contributed by atoms with E-state index < -0.39 is 10.0 Å². The Bertz CT molecular complexity index is 1350. The quantitative estimate of drug-likeness (QED) is 0.370. The van der Waals surface area contributed by atoms with Crippen LogP contribution in [0.25, 0.3) is 10.8 Å². The third kappa shape index (κ3) is 4.23. The van der Waals surface area contributed by atoms with Crippen LogP contribution in [0.1, 0.15) is 42.5 Å². The van der Waals surface area contributed by atoms with Crippen LogP contribution in [0, 0.1) is 5.41 Å². The molecule has 34 heavy (non-hydrogen) atoms. The number of amidine groups is 1. The van der Waals surface area contributed by atoms with E-state index in [0.29, 0.717) is 12.0 Å². The topological polar surface area (TPSA) is 109 Å². The van der Waals surface area contributed by atoms with Gasteiger partial charge in [0.2, 0.25) is 10.0 Å². The Balaban J connectivity index is 1.52. The molecule has 3 aromatic rings. The number of fused-ring (bicyclic) bond motifs is 2. The number of nitrogens with one attached hydrogen (secondary N) is 2. The largest absolute Gasteiger partial charge is 0.490 e. The summed E-state index contributed by atoms with van der Waals surface area (Å²) in [6, 6.07) is 17.1. The van der Waals surface area contributed by atoms with Gasteiger partial charge in [0.1, 0.15) is 17.7 Å². The number of hydrogen-bond donors (Lipinski definition) is 3. The molecule has 178 valence electrons. The van der Waals surface area contributed by atoms with Crippen molar-refractivity contribution >= 4 is 32.3 Å². The smallest absolute Gasteiger partial charge is 0.235 e. The van der Waals surface area contributed by atoms with Crippen LogP contribution in [0.15, 0.2) is 54.6 Å². The third-order valence-electron chi connectivity index (χ3n) is 6.80. The van der Waals surface area contributed by atoms with Gasteiger partial charge in [-0.2, -0.15) is 0 Å². The van der Waals surface area contributed by atoms with Crippen molar-refractivity contribution in [3.63, 3.8) is 0 Å². The highest BCUT2D eigenvalue weighted by atomic mass is 32.2. The van der Waals surface area contributed by atoms with Crippen molar-refractivity contribution in [1.82, 2.24) is 5.32 Å². The van der Waals surface area contributed by atoms with E-state index in [9.17, 15) is 8.42 Å². The Morgan fingerprint density at radius 3 is 2.59 bits per heavy atom. The Labute approximate surface area is 200 Å². The lowest BCUT2D eigenvalue weighted by molar-refractivity contribution is 0.162. The molecule has 2 aliphatic rings. The van der Waals surface area contributed by atoms with E-state index in [-0.39, 0.29) is 23.7 Å². The zero-order chi connectivity index (χ0) is 23.9. The van der Waals surface area contributed by atoms with E-state index in [1.165, 1.54) is 0 Å². The van der Waals surface area contributed by atoms with Crippen LogP contribution >= 0.6 is 0 Å². The number of anilines is 1. The predicted molar refractivity (Wildman–Crippen MR) is 136 cm³/mol. The fourth-order valence-electron chi connectivity index (χ4n) is 4.95. The zero-order valence-corrected chi connectivity index (χ0v) is 20.1. The van der Waals surface area contributed by atoms with Gasteiger partial charge >= 0.3 is 0 Å². The van der Waals surface area contributed by atoms with Crippen molar-refractivity contribution in [2.45, 2.75) is 38.3 Å². The lowest BCUT2D eigenvalue weighted by Crippen LogP contribution is -2.34. The highest BCUT2D eigenvalue weighted by molar-refractivity contribution is 7.92. The molecule has 2 heterocycles. The summed E-state index contributed by atoms with van der Waals surface area (Å²) in [4.78, 5) is 0. The predicted octanol–water partition coefficient (Wildman–Crippen LogP) is 3.71. The van der Waals surface area contributed by atoms with Crippen LogP contribution in [0.4, 0.5) is 5.69 Å². The second-order valence-corrected chi connectivity index (χ2v) is 11.1. The highest BCUT2D eigenvalue weighted by Gasteiger charge is 2.38. The van der Waals surface area contributed by atoms with E-state index in [1.54, 1.807) is 11.2 Å². The van der Waals surface area contributed by atoms with Crippen LogP contribution in [-0.2, 0) is 16.4 Å². The Hall–Kier alpha value is -3.10. The van der Waals surface area contributed by atoms with Crippen LogP contribution < -0.4 is 20.1 Å². The van der Waals surface area contributed by atoms with Crippen LogP contribution in [0.2, 0.25) is 0 Å². The first-order chi connectivity index (χ1) is 16.4. The van der Waals surface area contributed by atoms with Crippen molar-refractivity contribution in [3.05, 3.63) is 71.3 Å². The summed E-state index contributed by atoms with van der Waals surface area (Å²) >= 11 is 0. The van der Waals surface area contributed by atoms with Gasteiger partial charge in [-0.1, -0.05) is 24.3 Å². The number of nitrogen functional groups attached to an aromatic ring is 1. The van der Waals surface area contributed by atoms with Crippen molar-refractivity contribution in [2.75, 3.05) is 23.1 Å². The molecule has 0 aromatic heterocycles. The standard InChI is InChI=1S/C26H30N4O3S/c1-2-34(31,32)30-24-8-7-23(33-22-9-11-29-12-10-22)15-21(24)16-25(30)18-5-3-17-4-6-19(26(27)28)14-20(17)13-18/h3-8,13-15,22,25,29H,2,9-12,16H2,1H3,(H3,27,28). The van der Waals surface area contributed by atoms with Crippen LogP contribution in [0.5, 0.6) is 5.75 Å². The first-order valence-electron chi connectivity index (χ1n) is 11.8. The lowest BCUT2D eigenvalue weighted by Gasteiger charge is -2.27. The second kappa shape index (κ2) is 8.92. The number of hydrogen-bond acceptors (Lipinski definition) is 5. The van der Waals surface area contributed by atoms with E-state index in [4.69, 9.17) is 15.9 Å². The van der Waals surface area contributed by atoms with E-state index in [0.717, 1.165) is 59.3 Å². The number of nitrogens with two attached hydrogens (primary N) is 1. The van der Waals surface area contributed by atoms with Gasteiger partial charge in [-0.05, 0) is 85.1 Å². The average molecular weight is 479 g/mol. The molecular formula is C26H30N4O3S. The molecule has 0 spiro atoms. The Kier molecular flexibility index (Phi) is 5.95. The average Bonchev–Trinajstić information content (AvgIpc) is 3.23. The summed E-state index contributed by atoms with van der Waals surface area (Å²) in [6.45, 7) is 3.58. The van der Waals surface area contributed by atoms with Gasteiger partial charge in [-0.15, -0.1) is 0 Å². The number of rotatable bonds is 6. The van der Waals surface area contributed by atoms with Crippen molar-refractivity contribution in [2.24, 2.45) is 5.73 Å². The molecule has 7 nitrogen and oxygen atoms in total. The fourth-order valence-corrected chi connectivity index (χ4v) is 6.29. The van der Waals surface area contributed by atoms with Crippen molar-refractivity contribution in [3.8, 4) is 5.75 Å². The summed E-state index contributed by atoms with van der Waals surface area (Å²) in [5, 5.41) is 13.0. The number of benzene rings is 3. The maximum Gasteiger partial charge on any atom is 0.235 e. The van der Waals surface area contributed by atoms with Crippen LogP contribution in [0.3, 0.4) is 0 Å². The lowest BCUT2D eigenvalue weighted by atomic mass is 9.98. The van der Waals surface area contributed by atoms with Gasteiger partial charge < -0.3 is 15.8 Å². The highest BCUT2D eigenvalue weighted by Crippen LogP contribution is 2.44. The molecule has 0 bridgehead atoms. The molecule has 5 rings (SSSR count). The van der Waals surface area contributed by atoms with Crippen molar-refractivity contribution < 1.29 is 13.2 Å². The fraction of sp³-hybridized carbons (Fsp3) is 0.346. The summed E-state index contributed by atoms with van der Waals surface area (Å²) in [5.41, 5.74) is 8.95. The normalized spacial score (nSPS) is 18.7. The summed E-state index contributed by atoms with van der Waals surface area (Å²) in [6.07, 6.45) is 2.70. The minimum absolute atomic E-state index is 0.0111. The maximum absolute atomic E-state index is 13.2. The summed E-state index contributed by atoms with van der Waals surface area (Å²) in [5.74, 6) is 0.833. The Morgan fingerprint density at radius 2 is 1.85 bits per heavy atom. The molecule has 0 radical (unpaired) electrons. The van der Waals surface area contributed by atoms with E-state index >= 15 is 0 Å². The first kappa shape index (κ1) is 22.7. The van der Waals surface area contributed by atoms with Gasteiger partial charge in [0.15, 0.2) is 0 Å². The van der Waals surface area contributed by atoms with Gasteiger partial charge in [0, 0.05) is 12.0 Å². The molecule has 1 fully saturated rings. The Morgan fingerprint density at radius 1 is 1.09 bits per heavy atom. The van der Waals surface area contributed by atoms with Crippen LogP contribution in [-0.4, -0.2) is 39.2 Å². The van der Waals surface area contributed by atoms with E-state index in [1.807, 2.05) is 54.6 Å². The van der Waals surface area contributed by atoms with Gasteiger partial charge in [-0.3, -0.25) is 9.71 Å². The third-order valence-corrected chi connectivity index (χ3v) is 8.58. The number of sulfonamides is 1. The molecule has 2 aliphatic heterocycles. The molecule has 0 amide bonds. The van der Waals surface area contributed by atoms with Gasteiger partial charge in [0.25, 0.3) is 0 Å². The number of nitrogens with zero attached hydrogens (tertiary/aromatic N) is 1. The van der Waals surface area contributed by atoms with Gasteiger partial charge in [-0.25, -0.2) is 8.42 Å². The van der Waals surface area contributed by atoms with Crippen molar-refractivity contribution in [1.29, 1.82) is 5.41 Å². The molecule has 3 aromatic carbocycles. The molecule has 1 unspecified atom stereocenters. The van der Waals surface area contributed by atoms with Gasteiger partial charge in [0.05, 0.1) is 17.5 Å².